The van der Waals surface area contributed by atoms with Crippen LogP contribution in [0.5, 0.6) is 11.6 Å². The lowest BCUT2D eigenvalue weighted by Gasteiger charge is -2.06. The molecule has 1 aromatic heterocycles. The Morgan fingerprint density at radius 3 is 2.67 bits per heavy atom. The van der Waals surface area contributed by atoms with Gasteiger partial charge in [0.05, 0.1) is 4.92 Å². The van der Waals surface area contributed by atoms with Crippen molar-refractivity contribution in [3.05, 3.63) is 56.7 Å². The molecule has 2 rings (SSSR count). The van der Waals surface area contributed by atoms with Crippen molar-refractivity contribution in [2.75, 3.05) is 0 Å². The number of nitrogens with zero attached hydrogens (tertiary/aromatic N) is 2. The van der Waals surface area contributed by atoms with Crippen LogP contribution >= 0.6 is 15.9 Å². The third kappa shape index (κ3) is 2.84. The summed E-state index contributed by atoms with van der Waals surface area (Å²) in [6.07, 6.45) is 1.17. The standard InChI is InChI=1S/C12H9BrN2O3/c1-8-6-10(3-4-11(8)13)18-12-5-2-9(7-14-12)15(16)17/h2-7H,1H3. The molecular weight excluding hydrogens is 300 g/mol. The van der Waals surface area contributed by atoms with E-state index in [2.05, 4.69) is 20.9 Å². The zero-order chi connectivity index (χ0) is 13.1. The second-order valence-corrected chi connectivity index (χ2v) is 4.48. The molecule has 92 valence electrons. The fraction of sp³-hybridized carbons (Fsp3) is 0.0833. The molecule has 0 saturated heterocycles. The number of rotatable bonds is 3. The first-order chi connectivity index (χ1) is 8.56. The van der Waals surface area contributed by atoms with Gasteiger partial charge in [-0.25, -0.2) is 4.98 Å². The average molecular weight is 309 g/mol. The van der Waals surface area contributed by atoms with Crippen LogP contribution in [0.25, 0.3) is 0 Å². The highest BCUT2D eigenvalue weighted by molar-refractivity contribution is 9.10. The number of nitro groups is 1. The highest BCUT2D eigenvalue weighted by Gasteiger charge is 2.06. The maximum absolute atomic E-state index is 10.5. The molecule has 0 spiro atoms. The van der Waals surface area contributed by atoms with E-state index in [0.29, 0.717) is 11.6 Å². The third-order valence-corrected chi connectivity index (χ3v) is 3.17. The fourth-order valence-corrected chi connectivity index (χ4v) is 1.59. The van der Waals surface area contributed by atoms with E-state index in [1.807, 2.05) is 19.1 Å². The Labute approximate surface area is 112 Å². The summed E-state index contributed by atoms with van der Waals surface area (Å²) in [7, 11) is 0. The van der Waals surface area contributed by atoms with E-state index < -0.39 is 4.92 Å². The number of hydrogen-bond donors (Lipinski definition) is 0. The Bertz CT molecular complexity index is 584. The molecule has 5 nitrogen and oxygen atoms in total. The third-order valence-electron chi connectivity index (χ3n) is 2.28. The number of halogens is 1. The highest BCUT2D eigenvalue weighted by atomic mass is 79.9. The Kier molecular flexibility index (Phi) is 3.57. The summed E-state index contributed by atoms with van der Waals surface area (Å²) < 4.78 is 6.49. The van der Waals surface area contributed by atoms with E-state index in [9.17, 15) is 10.1 Å². The molecule has 0 radical (unpaired) electrons. The Balaban J connectivity index is 2.18. The zero-order valence-electron chi connectivity index (χ0n) is 9.46. The molecule has 0 saturated carbocycles. The van der Waals surface area contributed by atoms with Crippen molar-refractivity contribution >= 4 is 21.6 Å². The predicted molar refractivity (Wildman–Crippen MR) is 69.8 cm³/mol. The molecule has 0 aliphatic heterocycles. The number of pyridine rings is 1. The van der Waals surface area contributed by atoms with E-state index >= 15 is 0 Å². The van der Waals surface area contributed by atoms with Crippen molar-refractivity contribution in [2.45, 2.75) is 6.92 Å². The van der Waals surface area contributed by atoms with Crippen molar-refractivity contribution in [1.82, 2.24) is 4.98 Å². The van der Waals surface area contributed by atoms with Gasteiger partial charge in [-0.15, -0.1) is 0 Å². The van der Waals surface area contributed by atoms with Gasteiger partial charge in [-0.05, 0) is 30.7 Å². The summed E-state index contributed by atoms with van der Waals surface area (Å²) in [4.78, 5) is 13.8. The maximum Gasteiger partial charge on any atom is 0.287 e. The number of ether oxygens (including phenoxy) is 1. The quantitative estimate of drug-likeness (QED) is 0.638. The van der Waals surface area contributed by atoms with Crippen molar-refractivity contribution in [2.24, 2.45) is 0 Å². The minimum Gasteiger partial charge on any atom is -0.439 e. The van der Waals surface area contributed by atoms with Gasteiger partial charge in [0, 0.05) is 16.6 Å². The van der Waals surface area contributed by atoms with Gasteiger partial charge >= 0.3 is 0 Å². The molecule has 0 unspecified atom stereocenters. The second-order valence-electron chi connectivity index (χ2n) is 3.62. The van der Waals surface area contributed by atoms with Crippen LogP contribution in [-0.4, -0.2) is 9.91 Å². The van der Waals surface area contributed by atoms with Gasteiger partial charge in [-0.2, -0.15) is 0 Å². The lowest BCUT2D eigenvalue weighted by atomic mass is 10.2. The number of aryl methyl sites for hydroxylation is 1. The molecule has 0 fully saturated rings. The molecule has 0 N–H and O–H groups in total. The van der Waals surface area contributed by atoms with Crippen molar-refractivity contribution < 1.29 is 9.66 Å². The van der Waals surface area contributed by atoms with Crippen LogP contribution in [-0.2, 0) is 0 Å². The summed E-state index contributed by atoms with van der Waals surface area (Å²) >= 11 is 3.39. The molecule has 6 heteroatoms. The smallest absolute Gasteiger partial charge is 0.287 e. The summed E-state index contributed by atoms with van der Waals surface area (Å²) in [5.41, 5.74) is 0.976. The van der Waals surface area contributed by atoms with Gasteiger partial charge < -0.3 is 4.74 Å². The SMILES string of the molecule is Cc1cc(Oc2ccc([N+](=O)[O-])cn2)ccc1Br. The molecule has 0 aliphatic rings. The van der Waals surface area contributed by atoms with E-state index in [0.717, 1.165) is 10.0 Å². The van der Waals surface area contributed by atoms with Crippen LogP contribution in [0.1, 0.15) is 5.56 Å². The van der Waals surface area contributed by atoms with Gasteiger partial charge in [-0.1, -0.05) is 15.9 Å². The van der Waals surface area contributed by atoms with E-state index in [1.54, 1.807) is 6.07 Å². The van der Waals surface area contributed by atoms with Crippen LogP contribution in [0.2, 0.25) is 0 Å². The molecular formula is C12H9BrN2O3. The zero-order valence-corrected chi connectivity index (χ0v) is 11.0. The Morgan fingerprint density at radius 2 is 2.11 bits per heavy atom. The molecule has 1 aromatic carbocycles. The molecule has 2 aromatic rings. The second kappa shape index (κ2) is 5.14. The first kappa shape index (κ1) is 12.5. The minimum atomic E-state index is -0.499. The maximum atomic E-state index is 10.5. The van der Waals surface area contributed by atoms with Crippen molar-refractivity contribution in [3.63, 3.8) is 0 Å². The van der Waals surface area contributed by atoms with Crippen LogP contribution in [0, 0.1) is 17.0 Å². The Morgan fingerprint density at radius 1 is 1.33 bits per heavy atom. The largest absolute Gasteiger partial charge is 0.439 e. The van der Waals surface area contributed by atoms with Gasteiger partial charge in [-0.3, -0.25) is 10.1 Å². The van der Waals surface area contributed by atoms with Crippen molar-refractivity contribution in [3.8, 4) is 11.6 Å². The van der Waals surface area contributed by atoms with E-state index in [1.165, 1.54) is 18.3 Å². The van der Waals surface area contributed by atoms with Crippen LogP contribution in [0.4, 0.5) is 5.69 Å². The highest BCUT2D eigenvalue weighted by Crippen LogP contribution is 2.25. The van der Waals surface area contributed by atoms with Crippen LogP contribution in [0.3, 0.4) is 0 Å². The molecule has 1 heterocycles. The first-order valence-electron chi connectivity index (χ1n) is 5.11. The molecule has 0 bridgehead atoms. The van der Waals surface area contributed by atoms with E-state index in [-0.39, 0.29) is 5.69 Å². The molecule has 0 amide bonds. The molecule has 0 aliphatic carbocycles. The fourth-order valence-electron chi connectivity index (χ4n) is 1.34. The number of aromatic nitrogens is 1. The predicted octanol–water partition coefficient (Wildman–Crippen LogP) is 3.85. The summed E-state index contributed by atoms with van der Waals surface area (Å²) in [6, 6.07) is 8.34. The average Bonchev–Trinajstić information content (AvgIpc) is 2.34. The lowest BCUT2D eigenvalue weighted by molar-refractivity contribution is -0.385. The molecule has 0 atom stereocenters. The summed E-state index contributed by atoms with van der Waals surface area (Å²) in [5, 5.41) is 10.5. The minimum absolute atomic E-state index is 0.0608. The van der Waals surface area contributed by atoms with Crippen LogP contribution in [0.15, 0.2) is 41.0 Å². The molecule has 18 heavy (non-hydrogen) atoms. The van der Waals surface area contributed by atoms with Crippen molar-refractivity contribution in [1.29, 1.82) is 0 Å². The summed E-state index contributed by atoms with van der Waals surface area (Å²) in [5.74, 6) is 0.958. The van der Waals surface area contributed by atoms with Gasteiger partial charge in [0.15, 0.2) is 0 Å². The topological polar surface area (TPSA) is 65.3 Å². The summed E-state index contributed by atoms with van der Waals surface area (Å²) in [6.45, 7) is 1.94. The van der Waals surface area contributed by atoms with Gasteiger partial charge in [0.25, 0.3) is 5.69 Å². The van der Waals surface area contributed by atoms with Gasteiger partial charge in [0.2, 0.25) is 5.88 Å². The lowest BCUT2D eigenvalue weighted by Crippen LogP contribution is -1.91. The van der Waals surface area contributed by atoms with Crippen LogP contribution < -0.4 is 4.74 Å². The number of hydrogen-bond acceptors (Lipinski definition) is 4. The van der Waals surface area contributed by atoms with E-state index in [4.69, 9.17) is 4.74 Å². The first-order valence-corrected chi connectivity index (χ1v) is 5.90. The monoisotopic (exact) mass is 308 g/mol. The Hall–Kier alpha value is -1.95. The van der Waals surface area contributed by atoms with Gasteiger partial charge in [0.1, 0.15) is 11.9 Å². The normalized spacial score (nSPS) is 10.1. The number of benzene rings is 1.